The lowest BCUT2D eigenvalue weighted by atomic mass is 9.48. The molecule has 0 radical (unpaired) electrons. The van der Waals surface area contributed by atoms with Gasteiger partial charge < -0.3 is 10.7 Å². The van der Waals surface area contributed by atoms with E-state index in [0.29, 0.717) is 5.03 Å². The van der Waals surface area contributed by atoms with Crippen molar-refractivity contribution in [3.05, 3.63) is 22.7 Å². The van der Waals surface area contributed by atoms with Gasteiger partial charge in [-0.25, -0.2) is 4.79 Å². The summed E-state index contributed by atoms with van der Waals surface area (Å²) in [5.74, 6) is 2.04. The summed E-state index contributed by atoms with van der Waals surface area (Å²) in [5, 5.41) is 0.332. The summed E-state index contributed by atoms with van der Waals surface area (Å²) in [6.07, 6.45) is 8.92. The zero-order chi connectivity index (χ0) is 15.3. The molecule has 3 N–H and O–H groups in total. The molecule has 4 aliphatic carbocycles. The van der Waals surface area contributed by atoms with Crippen LogP contribution in [0, 0.1) is 23.2 Å². The van der Waals surface area contributed by atoms with Crippen LogP contribution < -0.4 is 11.4 Å². The van der Waals surface area contributed by atoms with Crippen LogP contribution >= 0.6 is 11.8 Å². The number of nitrogens with zero attached hydrogens (tertiary/aromatic N) is 1. The number of nitrogens with two attached hydrogens (primary N) is 1. The van der Waals surface area contributed by atoms with Crippen molar-refractivity contribution in [2.75, 3.05) is 0 Å². The highest BCUT2D eigenvalue weighted by atomic mass is 32.2. The molecular weight excluding hydrogens is 298 g/mol. The van der Waals surface area contributed by atoms with Crippen LogP contribution in [0.3, 0.4) is 0 Å². The largest absolute Gasteiger partial charge is 0.369 e. The summed E-state index contributed by atoms with van der Waals surface area (Å²) in [4.78, 5) is 30.1. The van der Waals surface area contributed by atoms with Crippen LogP contribution in [0.4, 0.5) is 0 Å². The minimum atomic E-state index is -0.376. The Morgan fingerprint density at radius 2 is 1.86 bits per heavy atom. The van der Waals surface area contributed by atoms with Crippen molar-refractivity contribution in [2.24, 2.45) is 28.9 Å². The van der Waals surface area contributed by atoms with Crippen LogP contribution in [0.1, 0.15) is 38.5 Å². The molecule has 0 spiro atoms. The Bertz CT molecular complexity index is 622. The molecule has 1 aromatic heterocycles. The second-order valence-electron chi connectivity index (χ2n) is 7.41. The van der Waals surface area contributed by atoms with E-state index in [1.807, 2.05) is 0 Å². The molecule has 22 heavy (non-hydrogen) atoms. The van der Waals surface area contributed by atoms with E-state index in [-0.39, 0.29) is 22.3 Å². The van der Waals surface area contributed by atoms with Crippen molar-refractivity contribution in [1.29, 1.82) is 0 Å². The van der Waals surface area contributed by atoms with Gasteiger partial charge in [-0.15, -0.1) is 0 Å². The number of amides is 1. The van der Waals surface area contributed by atoms with Gasteiger partial charge in [-0.05, 0) is 67.8 Å². The molecule has 1 heterocycles. The van der Waals surface area contributed by atoms with Gasteiger partial charge in [-0.2, -0.15) is 4.98 Å². The standard InChI is InChI=1S/C16H21N3O2S/c17-14(20)13(22-12-1-2-18-15(21)19-12)16-6-9-3-10(7-16)5-11(4-9)8-16/h1-2,9-11,13H,3-8H2,(H2,17,20)(H,18,19,21). The molecule has 4 fully saturated rings. The number of nitrogens with one attached hydrogen (secondary N) is 1. The Hall–Kier alpha value is -1.30. The fourth-order valence-corrected chi connectivity index (χ4v) is 6.70. The molecule has 1 aromatic rings. The lowest BCUT2D eigenvalue weighted by molar-refractivity contribution is -0.125. The first-order valence-electron chi connectivity index (χ1n) is 8.06. The van der Waals surface area contributed by atoms with Gasteiger partial charge in [0.15, 0.2) is 0 Å². The summed E-state index contributed by atoms with van der Waals surface area (Å²) < 4.78 is 0. The fraction of sp³-hybridized carbons (Fsp3) is 0.688. The van der Waals surface area contributed by atoms with Gasteiger partial charge in [0.1, 0.15) is 5.03 Å². The SMILES string of the molecule is NC(=O)C(Sc1cc[nH]c(=O)n1)C12CC3CC(CC(C3)C1)C2. The Labute approximate surface area is 133 Å². The first-order chi connectivity index (χ1) is 10.5. The van der Waals surface area contributed by atoms with E-state index in [1.165, 1.54) is 31.0 Å². The highest BCUT2D eigenvalue weighted by molar-refractivity contribution is 8.00. The van der Waals surface area contributed by atoms with Crippen LogP contribution in [0.15, 0.2) is 22.1 Å². The van der Waals surface area contributed by atoms with Gasteiger partial charge in [0.2, 0.25) is 5.91 Å². The molecule has 4 bridgehead atoms. The number of carbonyl (C=O) groups is 1. The van der Waals surface area contributed by atoms with Gasteiger partial charge in [-0.1, -0.05) is 11.8 Å². The second-order valence-corrected chi connectivity index (χ2v) is 8.54. The Morgan fingerprint density at radius 1 is 1.27 bits per heavy atom. The zero-order valence-electron chi connectivity index (χ0n) is 12.5. The number of aromatic nitrogens is 2. The summed E-state index contributed by atoms with van der Waals surface area (Å²) in [5.41, 5.74) is 5.42. The minimum absolute atomic E-state index is 0.0233. The van der Waals surface area contributed by atoms with Crippen molar-refractivity contribution < 1.29 is 4.79 Å². The molecule has 0 aliphatic heterocycles. The van der Waals surface area contributed by atoms with Crippen LogP contribution in [-0.4, -0.2) is 21.1 Å². The maximum Gasteiger partial charge on any atom is 0.345 e. The molecular formula is C16H21N3O2S. The maximum atomic E-state index is 12.2. The van der Waals surface area contributed by atoms with E-state index < -0.39 is 0 Å². The maximum absolute atomic E-state index is 12.2. The molecule has 0 saturated heterocycles. The summed E-state index contributed by atoms with van der Waals surface area (Å²) in [6.45, 7) is 0. The number of aromatic amines is 1. The molecule has 6 heteroatoms. The monoisotopic (exact) mass is 319 g/mol. The van der Waals surface area contributed by atoms with E-state index in [1.54, 1.807) is 12.3 Å². The normalized spacial score (nSPS) is 37.2. The zero-order valence-corrected chi connectivity index (χ0v) is 13.3. The smallest absolute Gasteiger partial charge is 0.345 e. The molecule has 5 nitrogen and oxygen atoms in total. The van der Waals surface area contributed by atoms with Gasteiger partial charge in [0, 0.05) is 6.20 Å². The molecule has 4 saturated carbocycles. The second kappa shape index (κ2) is 5.11. The molecule has 1 amide bonds. The number of hydrogen-bond donors (Lipinski definition) is 2. The van der Waals surface area contributed by atoms with Crippen LogP contribution in [0.5, 0.6) is 0 Å². The lowest BCUT2D eigenvalue weighted by Crippen LogP contribution is -2.54. The van der Waals surface area contributed by atoms with Crippen molar-refractivity contribution in [1.82, 2.24) is 9.97 Å². The average Bonchev–Trinajstić information content (AvgIpc) is 2.43. The van der Waals surface area contributed by atoms with Crippen molar-refractivity contribution >= 4 is 17.7 Å². The summed E-state index contributed by atoms with van der Waals surface area (Å²) in [6, 6.07) is 1.75. The van der Waals surface area contributed by atoms with Crippen molar-refractivity contribution in [3.63, 3.8) is 0 Å². The lowest BCUT2D eigenvalue weighted by Gasteiger charge is -2.58. The molecule has 5 rings (SSSR count). The molecule has 1 atom stereocenters. The Morgan fingerprint density at radius 3 is 2.36 bits per heavy atom. The Kier molecular flexibility index (Phi) is 3.33. The third-order valence-electron chi connectivity index (χ3n) is 5.78. The van der Waals surface area contributed by atoms with Gasteiger partial charge >= 0.3 is 5.69 Å². The number of primary amides is 1. The van der Waals surface area contributed by atoms with Gasteiger partial charge in [0.05, 0.1) is 5.25 Å². The number of hydrogen-bond acceptors (Lipinski definition) is 4. The fourth-order valence-electron chi connectivity index (χ4n) is 5.52. The number of rotatable bonds is 4. The number of H-pyrrole nitrogens is 1. The third kappa shape index (κ3) is 2.37. The van der Waals surface area contributed by atoms with Crippen molar-refractivity contribution in [2.45, 2.75) is 48.8 Å². The first-order valence-corrected chi connectivity index (χ1v) is 8.94. The minimum Gasteiger partial charge on any atom is -0.369 e. The Balaban J connectivity index is 1.65. The number of thioether (sulfide) groups is 1. The van der Waals surface area contributed by atoms with E-state index in [9.17, 15) is 9.59 Å². The number of carbonyl (C=O) groups excluding carboxylic acids is 1. The van der Waals surface area contributed by atoms with Gasteiger partial charge in [0.25, 0.3) is 0 Å². The van der Waals surface area contributed by atoms with Gasteiger partial charge in [-0.3, -0.25) is 4.79 Å². The van der Waals surface area contributed by atoms with E-state index in [0.717, 1.165) is 37.0 Å². The molecule has 0 aromatic carbocycles. The predicted molar refractivity (Wildman–Crippen MR) is 84.3 cm³/mol. The average molecular weight is 319 g/mol. The highest BCUT2D eigenvalue weighted by Gasteiger charge is 2.55. The molecule has 118 valence electrons. The van der Waals surface area contributed by atoms with Crippen LogP contribution in [0.2, 0.25) is 0 Å². The quantitative estimate of drug-likeness (QED) is 0.655. The van der Waals surface area contributed by atoms with E-state index in [2.05, 4.69) is 9.97 Å². The van der Waals surface area contributed by atoms with Crippen LogP contribution in [0.25, 0.3) is 0 Å². The summed E-state index contributed by atoms with van der Waals surface area (Å²) >= 11 is 1.39. The summed E-state index contributed by atoms with van der Waals surface area (Å²) in [7, 11) is 0. The third-order valence-corrected chi connectivity index (χ3v) is 7.22. The van der Waals surface area contributed by atoms with Crippen molar-refractivity contribution in [3.8, 4) is 0 Å². The van der Waals surface area contributed by atoms with E-state index >= 15 is 0 Å². The predicted octanol–water partition coefficient (Wildman–Crippen LogP) is 1.93. The molecule has 1 unspecified atom stereocenters. The molecule has 4 aliphatic rings. The topological polar surface area (TPSA) is 88.8 Å². The van der Waals surface area contributed by atoms with Crippen LogP contribution in [-0.2, 0) is 4.79 Å². The highest BCUT2D eigenvalue weighted by Crippen LogP contribution is 2.63. The first kappa shape index (κ1) is 14.3. The van der Waals surface area contributed by atoms with E-state index in [4.69, 9.17) is 5.73 Å².